The minimum atomic E-state index is -2.69. The van der Waals surface area contributed by atoms with Crippen LogP contribution in [0.2, 0.25) is 0 Å². The van der Waals surface area contributed by atoms with Gasteiger partial charge in [0.05, 0.1) is 5.58 Å². The van der Waals surface area contributed by atoms with E-state index < -0.39 is 46.0 Å². The molecule has 0 amide bonds. The number of hydrogen-bond acceptors (Lipinski definition) is 3. The van der Waals surface area contributed by atoms with E-state index >= 15 is 0 Å². The summed E-state index contributed by atoms with van der Waals surface area (Å²) >= 11 is 0. The Bertz CT molecular complexity index is 2760. The molecule has 3 aromatic heterocycles. The first kappa shape index (κ1) is 19.0. The number of furan rings is 1. The zero-order valence-electron chi connectivity index (χ0n) is 43.4. The van der Waals surface area contributed by atoms with E-state index in [9.17, 15) is 0 Å². The molecule has 7 rings (SSSR count). The molecule has 0 atom stereocenters. The first-order chi connectivity index (χ1) is 29.3. The SMILES string of the molecule is [2H]C([2H])([2H])c1c[c-]c(-c2ccc(C([2H])([2H])[2H])cn2)cc1.[2H]C([2H])([2H])c1ccc2c(c1)oc1c(-c3cc(-c4ccc(C([2H])([2H])C(C)(C)C)cc4C([2H])([2H])[2H])c(C([2H])([2H])[2H])cn3)[c-]ccc12.[Ir]. The molecule has 48 heavy (non-hydrogen) atoms. The van der Waals surface area contributed by atoms with Crippen LogP contribution in [0, 0.1) is 51.8 Å². The quantitative estimate of drug-likeness (QED) is 0.166. The number of pyridine rings is 2. The number of aromatic nitrogens is 2. The van der Waals surface area contributed by atoms with Crippen LogP contribution in [0.5, 0.6) is 0 Å². The minimum absolute atomic E-state index is 0. The maximum Gasteiger partial charge on any atom is 0.121 e. The van der Waals surface area contributed by atoms with Gasteiger partial charge < -0.3 is 14.4 Å². The molecule has 0 spiro atoms. The van der Waals surface area contributed by atoms with Crippen LogP contribution >= 0.6 is 0 Å². The summed E-state index contributed by atoms with van der Waals surface area (Å²) in [4.78, 5) is 8.49. The van der Waals surface area contributed by atoms with Gasteiger partial charge in [0.1, 0.15) is 5.58 Å². The first-order valence-electron chi connectivity index (χ1n) is 23.3. The number of nitrogens with zero attached hydrogens (tertiary/aromatic N) is 2. The molecule has 7 aromatic rings. The number of aryl methyl sites for hydroxylation is 5. The average Bonchev–Trinajstić information content (AvgIpc) is 3.57. The molecule has 0 aliphatic heterocycles. The monoisotopic (exact) mass is 824 g/mol. The van der Waals surface area contributed by atoms with Crippen molar-refractivity contribution in [3.63, 3.8) is 0 Å². The van der Waals surface area contributed by atoms with Crippen LogP contribution in [-0.2, 0) is 26.5 Å². The zero-order valence-corrected chi connectivity index (χ0v) is 28.8. The molecule has 4 heteroatoms. The molecule has 0 saturated heterocycles. The van der Waals surface area contributed by atoms with Gasteiger partial charge in [-0.2, -0.15) is 0 Å². The van der Waals surface area contributed by atoms with E-state index in [0.717, 1.165) is 0 Å². The molecule has 0 aliphatic rings. The second kappa shape index (κ2) is 14.4. The molecule has 0 N–H and O–H groups in total. The average molecular weight is 824 g/mol. The third-order valence-electron chi connectivity index (χ3n) is 7.27. The van der Waals surface area contributed by atoms with Crippen molar-refractivity contribution in [3.05, 3.63) is 143 Å². The molecule has 3 heterocycles. The number of benzene rings is 4. The topological polar surface area (TPSA) is 38.9 Å². The largest absolute Gasteiger partial charge is 0.501 e. The van der Waals surface area contributed by atoms with Crippen LogP contribution in [0.4, 0.5) is 0 Å². The van der Waals surface area contributed by atoms with Crippen LogP contribution in [-0.4, -0.2) is 9.97 Å². The van der Waals surface area contributed by atoms with E-state index in [0.29, 0.717) is 38.8 Å². The van der Waals surface area contributed by atoms with E-state index in [2.05, 4.69) is 22.1 Å². The summed E-state index contributed by atoms with van der Waals surface area (Å²) in [6.45, 7) is -6.85. The van der Waals surface area contributed by atoms with Crippen molar-refractivity contribution in [2.45, 2.75) is 61.4 Å². The maximum absolute atomic E-state index is 8.69. The van der Waals surface area contributed by atoms with Crippen LogP contribution in [0.1, 0.15) is 77.5 Å². The minimum Gasteiger partial charge on any atom is -0.501 e. The van der Waals surface area contributed by atoms with Gasteiger partial charge in [-0.3, -0.25) is 0 Å². The van der Waals surface area contributed by atoms with E-state index in [1.807, 2.05) is 0 Å². The van der Waals surface area contributed by atoms with Crippen molar-refractivity contribution >= 4 is 21.9 Å². The third-order valence-corrected chi connectivity index (χ3v) is 7.27. The van der Waals surface area contributed by atoms with Gasteiger partial charge in [0.15, 0.2) is 0 Å². The molecule has 245 valence electrons. The molecular weight excluding hydrogens is 765 g/mol. The Balaban J connectivity index is 0.000000317. The molecule has 3 nitrogen and oxygen atoms in total. The van der Waals surface area contributed by atoms with Gasteiger partial charge in [-0.15, -0.1) is 53.6 Å². The van der Waals surface area contributed by atoms with E-state index in [1.54, 1.807) is 51.1 Å². The van der Waals surface area contributed by atoms with E-state index in [-0.39, 0.29) is 70.3 Å². The van der Waals surface area contributed by atoms with Crippen molar-refractivity contribution < 1.29 is 47.8 Å². The molecule has 0 bridgehead atoms. The van der Waals surface area contributed by atoms with Gasteiger partial charge in [-0.05, 0) is 95.6 Å². The molecule has 1 radical (unpaired) electrons. The van der Waals surface area contributed by atoms with E-state index in [4.69, 9.17) is 27.7 Å². The number of rotatable bonds is 4. The second-order valence-electron chi connectivity index (χ2n) is 12.1. The summed E-state index contributed by atoms with van der Waals surface area (Å²) in [6, 6.07) is 27.3. The number of fused-ring (bicyclic) bond motifs is 3. The fourth-order valence-corrected chi connectivity index (χ4v) is 5.17. The first-order valence-corrected chi connectivity index (χ1v) is 14.8. The predicted molar refractivity (Wildman–Crippen MR) is 197 cm³/mol. The molecule has 4 aromatic carbocycles. The van der Waals surface area contributed by atoms with Gasteiger partial charge in [0.2, 0.25) is 0 Å². The fourth-order valence-electron chi connectivity index (χ4n) is 5.17. The number of hydrogen-bond donors (Lipinski definition) is 0. The molecule has 0 unspecified atom stereocenters. The van der Waals surface area contributed by atoms with Crippen molar-refractivity contribution in [2.75, 3.05) is 0 Å². The Labute approximate surface area is 322 Å². The van der Waals surface area contributed by atoms with Gasteiger partial charge in [-0.1, -0.05) is 87.1 Å². The summed E-state index contributed by atoms with van der Waals surface area (Å²) in [5.74, 6) is 0. The van der Waals surface area contributed by atoms with Gasteiger partial charge in [0.25, 0.3) is 0 Å². The van der Waals surface area contributed by atoms with Crippen molar-refractivity contribution in [1.82, 2.24) is 9.97 Å². The van der Waals surface area contributed by atoms with Gasteiger partial charge in [-0.25, -0.2) is 0 Å². The summed E-state index contributed by atoms with van der Waals surface area (Å²) in [5.41, 5.74) is 2.20. The van der Waals surface area contributed by atoms with Crippen LogP contribution in [0.15, 0.2) is 102 Å². The summed E-state index contributed by atoms with van der Waals surface area (Å²) in [7, 11) is 0. The molecule has 0 saturated carbocycles. The Kier molecular flexibility index (Phi) is 5.69. The summed E-state index contributed by atoms with van der Waals surface area (Å²) < 4.78 is 140. The van der Waals surface area contributed by atoms with Crippen LogP contribution < -0.4 is 0 Å². The Morgan fingerprint density at radius 2 is 1.50 bits per heavy atom. The second-order valence-corrected chi connectivity index (χ2v) is 12.1. The Morgan fingerprint density at radius 1 is 0.708 bits per heavy atom. The summed E-state index contributed by atoms with van der Waals surface area (Å²) in [6.07, 6.45) is 0.603. The normalized spacial score (nSPS) is 18.1. The molecule has 0 aliphatic carbocycles. The predicted octanol–water partition coefficient (Wildman–Crippen LogP) is 11.8. The van der Waals surface area contributed by atoms with Crippen molar-refractivity contribution in [2.24, 2.45) is 5.41 Å². The van der Waals surface area contributed by atoms with Gasteiger partial charge in [0, 0.05) is 61.2 Å². The van der Waals surface area contributed by atoms with Gasteiger partial charge >= 0.3 is 0 Å². The zero-order chi connectivity index (χ0) is 47.6. The van der Waals surface area contributed by atoms with Crippen LogP contribution in [0.25, 0.3) is 55.6 Å². The Hall–Kier alpha value is -4.37. The summed E-state index contributed by atoms with van der Waals surface area (Å²) in [5, 5.41) is 1.35. The van der Waals surface area contributed by atoms with Crippen LogP contribution in [0.3, 0.4) is 0 Å². The fraction of sp³-hybridized carbons (Fsp3) is 0.227. The molecular formula is C44H42IrN2O-2. The third kappa shape index (κ3) is 7.84. The maximum atomic E-state index is 8.69. The Morgan fingerprint density at radius 3 is 2.21 bits per heavy atom. The van der Waals surface area contributed by atoms with Crippen molar-refractivity contribution in [3.8, 4) is 33.6 Å². The smallest absolute Gasteiger partial charge is 0.121 e. The van der Waals surface area contributed by atoms with Crippen molar-refractivity contribution in [1.29, 1.82) is 0 Å². The molecule has 0 fully saturated rings. The van der Waals surface area contributed by atoms with E-state index in [1.165, 1.54) is 67.0 Å². The standard InChI is InChI=1S/C31H30NO.C13H12N.Ir/c1-19-10-12-24-25-8-7-9-26(30(25)33-29(24)14-19)28-16-27(21(3)18-32-28)23-13-11-22(15-20(23)2)17-31(4,5)6;1-10-3-6-12(7-4-10)13-8-5-11(2)9-14-13;/h7-8,10-16,18H,17H2,1-6H3;3-6,8-9H,1-2H3;/q2*-1;/i1D3,2D3,3D3,17D2;1D3,2D3;.